The third kappa shape index (κ3) is 4.54. The first kappa shape index (κ1) is 19.0. The van der Waals surface area contributed by atoms with Gasteiger partial charge in [-0.3, -0.25) is 0 Å². The highest BCUT2D eigenvalue weighted by Gasteiger charge is 2.34. The molecule has 1 aliphatic rings. The summed E-state index contributed by atoms with van der Waals surface area (Å²) in [5.41, 5.74) is 1.18. The Balaban J connectivity index is 1.37. The lowest BCUT2D eigenvalue weighted by atomic mass is 9.86. The van der Waals surface area contributed by atoms with Crippen LogP contribution in [-0.2, 0) is 16.1 Å². The Kier molecular flexibility index (Phi) is 5.94. The standard InChI is InChI=1S/C25H28O3/c1-18-14-25(27-23-13-12-21-10-6-7-11-22(21)15-23)28-24(19(18)2)17-26-16-20-8-4-3-5-9-20/h3-13,15,18-19,24-25H,14,16-17H2,1-2H3/t18-,19+,24?,25-/m1/s1. The monoisotopic (exact) mass is 376 g/mol. The maximum atomic E-state index is 6.28. The molecule has 0 bridgehead atoms. The Morgan fingerprint density at radius 1 is 0.893 bits per heavy atom. The van der Waals surface area contributed by atoms with Crippen molar-refractivity contribution < 1.29 is 14.2 Å². The van der Waals surface area contributed by atoms with Crippen LogP contribution in [0, 0.1) is 11.8 Å². The minimum atomic E-state index is -0.238. The van der Waals surface area contributed by atoms with Crippen LogP contribution in [0.15, 0.2) is 72.8 Å². The van der Waals surface area contributed by atoms with Crippen LogP contribution >= 0.6 is 0 Å². The Morgan fingerprint density at radius 2 is 1.64 bits per heavy atom. The van der Waals surface area contributed by atoms with Crippen LogP contribution in [0.3, 0.4) is 0 Å². The van der Waals surface area contributed by atoms with Crippen molar-refractivity contribution >= 4 is 10.8 Å². The van der Waals surface area contributed by atoms with E-state index in [4.69, 9.17) is 14.2 Å². The van der Waals surface area contributed by atoms with E-state index in [2.05, 4.69) is 56.3 Å². The topological polar surface area (TPSA) is 27.7 Å². The molecule has 1 heterocycles. The number of rotatable bonds is 6. The molecule has 0 spiro atoms. The molecule has 0 amide bonds. The van der Waals surface area contributed by atoms with E-state index in [1.54, 1.807) is 0 Å². The molecule has 0 saturated carbocycles. The quantitative estimate of drug-likeness (QED) is 0.542. The summed E-state index contributed by atoms with van der Waals surface area (Å²) in [6, 6.07) is 24.8. The number of hydrogen-bond acceptors (Lipinski definition) is 3. The van der Waals surface area contributed by atoms with Crippen molar-refractivity contribution in [1.82, 2.24) is 0 Å². The van der Waals surface area contributed by atoms with Crippen molar-refractivity contribution in [2.45, 2.75) is 39.3 Å². The van der Waals surface area contributed by atoms with Crippen molar-refractivity contribution in [3.05, 3.63) is 78.4 Å². The lowest BCUT2D eigenvalue weighted by Gasteiger charge is -2.38. The molecule has 3 heteroatoms. The largest absolute Gasteiger partial charge is 0.465 e. The first-order valence-electron chi connectivity index (χ1n) is 10.1. The number of ether oxygens (including phenoxy) is 3. The molecule has 4 atom stereocenters. The van der Waals surface area contributed by atoms with Crippen LogP contribution in [0.1, 0.15) is 25.8 Å². The van der Waals surface area contributed by atoms with Gasteiger partial charge in [0.05, 0.1) is 19.3 Å². The summed E-state index contributed by atoms with van der Waals surface area (Å²) in [5.74, 6) is 1.81. The number of hydrogen-bond donors (Lipinski definition) is 0. The Hall–Kier alpha value is -2.36. The van der Waals surface area contributed by atoms with E-state index in [1.807, 2.05) is 30.3 Å². The van der Waals surface area contributed by atoms with Gasteiger partial charge in [-0.1, -0.05) is 74.5 Å². The van der Waals surface area contributed by atoms with E-state index in [-0.39, 0.29) is 12.4 Å². The normalized spacial score (nSPS) is 24.9. The molecular weight excluding hydrogens is 348 g/mol. The van der Waals surface area contributed by atoms with Crippen LogP contribution in [0.2, 0.25) is 0 Å². The Morgan fingerprint density at radius 3 is 2.46 bits per heavy atom. The summed E-state index contributed by atoms with van der Waals surface area (Å²) < 4.78 is 18.4. The third-order valence-corrected chi connectivity index (χ3v) is 5.76. The highest BCUT2D eigenvalue weighted by molar-refractivity contribution is 5.83. The van der Waals surface area contributed by atoms with Gasteiger partial charge in [-0.2, -0.15) is 0 Å². The predicted octanol–water partition coefficient (Wildman–Crippen LogP) is 5.82. The highest BCUT2D eigenvalue weighted by atomic mass is 16.7. The maximum absolute atomic E-state index is 6.28. The van der Waals surface area contributed by atoms with E-state index in [0.717, 1.165) is 12.2 Å². The molecular formula is C25H28O3. The van der Waals surface area contributed by atoms with Gasteiger partial charge >= 0.3 is 0 Å². The highest BCUT2D eigenvalue weighted by Crippen LogP contribution is 2.32. The Labute approximate surface area is 167 Å². The van der Waals surface area contributed by atoms with Gasteiger partial charge in [0.25, 0.3) is 0 Å². The molecule has 0 aliphatic carbocycles. The molecule has 0 aromatic heterocycles. The summed E-state index contributed by atoms with van der Waals surface area (Å²) in [4.78, 5) is 0. The SMILES string of the molecule is C[C@@H]1C[C@H](Oc2ccc3ccccc3c2)OC(COCc2ccccc2)[C@H]1C. The lowest BCUT2D eigenvalue weighted by molar-refractivity contribution is -0.197. The summed E-state index contributed by atoms with van der Waals surface area (Å²) in [6.07, 6.45) is 0.694. The molecule has 1 unspecified atom stereocenters. The zero-order chi connectivity index (χ0) is 19.3. The van der Waals surface area contributed by atoms with E-state index < -0.39 is 0 Å². The smallest absolute Gasteiger partial charge is 0.200 e. The van der Waals surface area contributed by atoms with Crippen molar-refractivity contribution in [1.29, 1.82) is 0 Å². The molecule has 0 radical (unpaired) electrons. The average Bonchev–Trinajstić information content (AvgIpc) is 2.72. The van der Waals surface area contributed by atoms with Gasteiger partial charge in [-0.25, -0.2) is 0 Å². The Bertz CT molecular complexity index is 892. The van der Waals surface area contributed by atoms with Gasteiger partial charge in [0, 0.05) is 6.42 Å². The first-order valence-corrected chi connectivity index (χ1v) is 10.1. The van der Waals surface area contributed by atoms with Gasteiger partial charge in [0.1, 0.15) is 5.75 Å². The molecule has 146 valence electrons. The molecule has 1 fully saturated rings. The van der Waals surface area contributed by atoms with Crippen LogP contribution in [-0.4, -0.2) is 19.0 Å². The summed E-state index contributed by atoms with van der Waals surface area (Å²) >= 11 is 0. The minimum absolute atomic E-state index is 0.0397. The number of benzene rings is 3. The molecule has 4 rings (SSSR count). The van der Waals surface area contributed by atoms with Gasteiger partial charge < -0.3 is 14.2 Å². The molecule has 28 heavy (non-hydrogen) atoms. The zero-order valence-electron chi connectivity index (χ0n) is 16.6. The molecule has 1 saturated heterocycles. The molecule has 3 nitrogen and oxygen atoms in total. The summed E-state index contributed by atoms with van der Waals surface area (Å²) in [7, 11) is 0. The van der Waals surface area contributed by atoms with Crippen molar-refractivity contribution in [3.63, 3.8) is 0 Å². The fraction of sp³-hybridized carbons (Fsp3) is 0.360. The van der Waals surface area contributed by atoms with Gasteiger partial charge in [-0.05, 0) is 40.3 Å². The van der Waals surface area contributed by atoms with E-state index >= 15 is 0 Å². The van der Waals surface area contributed by atoms with Crippen molar-refractivity contribution in [3.8, 4) is 5.75 Å². The van der Waals surface area contributed by atoms with E-state index in [9.17, 15) is 0 Å². The van der Waals surface area contributed by atoms with E-state index in [0.29, 0.717) is 25.0 Å². The van der Waals surface area contributed by atoms with Gasteiger partial charge in [0.2, 0.25) is 0 Å². The van der Waals surface area contributed by atoms with Gasteiger partial charge in [-0.15, -0.1) is 0 Å². The van der Waals surface area contributed by atoms with E-state index in [1.165, 1.54) is 16.3 Å². The predicted molar refractivity (Wildman–Crippen MR) is 112 cm³/mol. The minimum Gasteiger partial charge on any atom is -0.465 e. The molecule has 1 aliphatic heterocycles. The van der Waals surface area contributed by atoms with Crippen molar-refractivity contribution in [2.75, 3.05) is 6.61 Å². The molecule has 3 aromatic carbocycles. The number of fused-ring (bicyclic) bond motifs is 1. The van der Waals surface area contributed by atoms with Crippen LogP contribution in [0.25, 0.3) is 10.8 Å². The third-order valence-electron chi connectivity index (χ3n) is 5.76. The summed E-state index contributed by atoms with van der Waals surface area (Å²) in [6.45, 7) is 5.71. The first-order chi connectivity index (χ1) is 13.7. The second kappa shape index (κ2) is 8.76. The van der Waals surface area contributed by atoms with Gasteiger partial charge in [0.15, 0.2) is 6.29 Å². The van der Waals surface area contributed by atoms with Crippen molar-refractivity contribution in [2.24, 2.45) is 11.8 Å². The van der Waals surface area contributed by atoms with Crippen LogP contribution in [0.5, 0.6) is 5.75 Å². The molecule has 0 N–H and O–H groups in total. The molecule has 3 aromatic rings. The second-order valence-corrected chi connectivity index (χ2v) is 7.80. The second-order valence-electron chi connectivity index (χ2n) is 7.80. The van der Waals surface area contributed by atoms with Crippen LogP contribution in [0.4, 0.5) is 0 Å². The fourth-order valence-corrected chi connectivity index (χ4v) is 3.79. The maximum Gasteiger partial charge on any atom is 0.200 e. The fourth-order valence-electron chi connectivity index (χ4n) is 3.79. The average molecular weight is 376 g/mol. The lowest BCUT2D eigenvalue weighted by Crippen LogP contribution is -2.43. The summed E-state index contributed by atoms with van der Waals surface area (Å²) in [5, 5.41) is 2.40. The zero-order valence-corrected chi connectivity index (χ0v) is 16.6. The van der Waals surface area contributed by atoms with Crippen LogP contribution < -0.4 is 4.74 Å².